The van der Waals surface area contributed by atoms with Gasteiger partial charge in [-0.05, 0) is 26.0 Å². The zero-order valence-electron chi connectivity index (χ0n) is 17.0. The first-order valence-corrected chi connectivity index (χ1v) is 9.71. The number of carbonyl (C=O) groups is 6. The third kappa shape index (κ3) is 2.43. The molecule has 2 aromatic carbocycles. The molecule has 3 aliphatic rings. The van der Waals surface area contributed by atoms with Gasteiger partial charge < -0.3 is 0 Å². The Balaban J connectivity index is 1.81. The lowest BCUT2D eigenvalue weighted by molar-refractivity contribution is -0.122. The van der Waals surface area contributed by atoms with Gasteiger partial charge in [0.05, 0.1) is 22.5 Å². The van der Waals surface area contributed by atoms with Crippen molar-refractivity contribution in [2.24, 2.45) is 0 Å². The van der Waals surface area contributed by atoms with Crippen molar-refractivity contribution in [1.29, 1.82) is 0 Å². The molecular formula is C24H14N2O6. The minimum absolute atomic E-state index is 0.0662. The summed E-state index contributed by atoms with van der Waals surface area (Å²) in [6.07, 6.45) is 2.29. The lowest BCUT2D eigenvalue weighted by Gasteiger charge is -2.28. The molecule has 32 heavy (non-hydrogen) atoms. The van der Waals surface area contributed by atoms with Gasteiger partial charge in [0, 0.05) is 34.4 Å². The van der Waals surface area contributed by atoms with E-state index in [4.69, 9.17) is 0 Å². The van der Waals surface area contributed by atoms with Crippen LogP contribution in [0, 0.1) is 0 Å². The normalized spacial score (nSPS) is 17.7. The molecule has 2 aliphatic heterocycles. The lowest BCUT2D eigenvalue weighted by atomic mass is 9.81. The van der Waals surface area contributed by atoms with E-state index in [0.717, 1.165) is 22.0 Å². The molecule has 0 atom stereocenters. The minimum Gasteiger partial charge on any atom is -0.288 e. The van der Waals surface area contributed by atoms with Gasteiger partial charge in [-0.15, -0.1) is 0 Å². The summed E-state index contributed by atoms with van der Waals surface area (Å²) in [5, 5.41) is 0. The highest BCUT2D eigenvalue weighted by atomic mass is 16.2. The predicted molar refractivity (Wildman–Crippen MR) is 112 cm³/mol. The summed E-state index contributed by atoms with van der Waals surface area (Å²) in [5.41, 5.74) is 0.0791. The Hall–Kier alpha value is -4.46. The molecule has 2 heterocycles. The molecular weight excluding hydrogens is 412 g/mol. The van der Waals surface area contributed by atoms with Gasteiger partial charge in [0.25, 0.3) is 23.6 Å². The third-order valence-corrected chi connectivity index (χ3v) is 5.72. The fourth-order valence-corrected chi connectivity index (χ4v) is 4.19. The van der Waals surface area contributed by atoms with Crippen LogP contribution in [-0.2, 0) is 19.2 Å². The molecule has 2 aromatic rings. The second-order valence-corrected chi connectivity index (χ2v) is 7.67. The van der Waals surface area contributed by atoms with Gasteiger partial charge in [0.1, 0.15) is 0 Å². The van der Waals surface area contributed by atoms with Gasteiger partial charge in [-0.25, -0.2) is 9.80 Å². The third-order valence-electron chi connectivity index (χ3n) is 5.72. The molecule has 0 saturated carbocycles. The van der Waals surface area contributed by atoms with Crippen LogP contribution in [-0.4, -0.2) is 35.2 Å². The van der Waals surface area contributed by atoms with Crippen LogP contribution in [0.2, 0.25) is 0 Å². The van der Waals surface area contributed by atoms with E-state index in [0.29, 0.717) is 0 Å². The highest BCUT2D eigenvalue weighted by molar-refractivity contribution is 6.39. The van der Waals surface area contributed by atoms with E-state index in [1.54, 1.807) is 12.1 Å². The Morgan fingerprint density at radius 1 is 0.562 bits per heavy atom. The Kier molecular flexibility index (Phi) is 3.97. The molecule has 0 N–H and O–H groups in total. The van der Waals surface area contributed by atoms with E-state index in [-0.39, 0.29) is 44.8 Å². The highest BCUT2D eigenvalue weighted by Gasteiger charge is 2.42. The Morgan fingerprint density at radius 3 is 1.25 bits per heavy atom. The van der Waals surface area contributed by atoms with Crippen molar-refractivity contribution < 1.29 is 28.8 Å². The number of benzene rings is 2. The predicted octanol–water partition coefficient (Wildman–Crippen LogP) is 2.10. The number of imide groups is 2. The van der Waals surface area contributed by atoms with Crippen LogP contribution in [0.1, 0.15) is 45.7 Å². The molecule has 8 heteroatoms. The first-order valence-electron chi connectivity index (χ1n) is 9.71. The number of anilines is 2. The summed E-state index contributed by atoms with van der Waals surface area (Å²) < 4.78 is 0. The Bertz CT molecular complexity index is 1310. The van der Waals surface area contributed by atoms with Crippen LogP contribution < -0.4 is 9.80 Å². The summed E-state index contributed by atoms with van der Waals surface area (Å²) in [6, 6.07) is 8.76. The number of amides is 4. The summed E-state index contributed by atoms with van der Waals surface area (Å²) >= 11 is 0. The molecule has 0 unspecified atom stereocenters. The van der Waals surface area contributed by atoms with Gasteiger partial charge in [-0.3, -0.25) is 28.8 Å². The SMILES string of the molecule is CC1=CC(=O)N(c2ccc(N3C(=O)C=C(C)C3=O)c3c2C(=O)c2ccccc2C3=O)C1=O. The van der Waals surface area contributed by atoms with Crippen LogP contribution in [0.25, 0.3) is 0 Å². The second-order valence-electron chi connectivity index (χ2n) is 7.67. The summed E-state index contributed by atoms with van der Waals surface area (Å²) in [7, 11) is 0. The van der Waals surface area contributed by atoms with Gasteiger partial charge in [0.15, 0.2) is 11.6 Å². The fraction of sp³-hybridized carbons (Fsp3) is 0.0833. The van der Waals surface area contributed by atoms with Crippen LogP contribution in [0.3, 0.4) is 0 Å². The molecule has 5 rings (SSSR count). The van der Waals surface area contributed by atoms with Crippen LogP contribution >= 0.6 is 0 Å². The largest absolute Gasteiger partial charge is 0.288 e. The number of carbonyl (C=O) groups excluding carboxylic acids is 6. The van der Waals surface area contributed by atoms with Crippen molar-refractivity contribution in [2.45, 2.75) is 13.8 Å². The van der Waals surface area contributed by atoms with Crippen LogP contribution in [0.4, 0.5) is 11.4 Å². The highest BCUT2D eigenvalue weighted by Crippen LogP contribution is 2.41. The van der Waals surface area contributed by atoms with E-state index >= 15 is 0 Å². The zero-order valence-corrected chi connectivity index (χ0v) is 17.0. The molecule has 1 aliphatic carbocycles. The molecule has 8 nitrogen and oxygen atoms in total. The molecule has 156 valence electrons. The molecule has 0 fully saturated rings. The fourth-order valence-electron chi connectivity index (χ4n) is 4.19. The van der Waals surface area contributed by atoms with Gasteiger partial charge in [-0.1, -0.05) is 24.3 Å². The Labute approximate surface area is 181 Å². The standard InChI is InChI=1S/C24H14N2O6/c1-11-9-17(27)25(23(11)31)15-7-8-16(26-18(28)10-12(2)24(26)32)20-19(15)21(29)13-5-3-4-6-14(13)22(20)30/h3-10H,1-2H3. The summed E-state index contributed by atoms with van der Waals surface area (Å²) in [6.45, 7) is 2.94. The number of hydrogen-bond acceptors (Lipinski definition) is 6. The van der Waals surface area contributed by atoms with E-state index < -0.39 is 35.2 Å². The Morgan fingerprint density at radius 2 is 0.938 bits per heavy atom. The lowest BCUT2D eigenvalue weighted by Crippen LogP contribution is -2.37. The monoisotopic (exact) mass is 426 g/mol. The molecule has 0 spiro atoms. The van der Waals surface area contributed by atoms with Crippen molar-refractivity contribution in [3.63, 3.8) is 0 Å². The summed E-state index contributed by atoms with van der Waals surface area (Å²) in [4.78, 5) is 78.9. The minimum atomic E-state index is -0.646. The molecule has 0 aromatic heterocycles. The van der Waals surface area contributed by atoms with E-state index in [9.17, 15) is 28.8 Å². The average Bonchev–Trinajstić information content (AvgIpc) is 3.17. The smallest absolute Gasteiger partial charge is 0.261 e. The van der Waals surface area contributed by atoms with Crippen molar-refractivity contribution >= 4 is 46.6 Å². The molecule has 0 bridgehead atoms. The quantitative estimate of drug-likeness (QED) is 0.581. The van der Waals surface area contributed by atoms with Gasteiger partial charge in [-0.2, -0.15) is 0 Å². The molecule has 4 amide bonds. The van der Waals surface area contributed by atoms with Gasteiger partial charge >= 0.3 is 0 Å². The zero-order chi connectivity index (χ0) is 22.9. The molecule has 0 radical (unpaired) electrons. The van der Waals surface area contributed by atoms with Crippen molar-refractivity contribution in [2.75, 3.05) is 9.80 Å². The van der Waals surface area contributed by atoms with E-state index in [1.165, 1.54) is 38.1 Å². The average molecular weight is 426 g/mol. The maximum absolute atomic E-state index is 13.5. The van der Waals surface area contributed by atoms with Crippen molar-refractivity contribution in [1.82, 2.24) is 0 Å². The first kappa shape index (κ1) is 19.5. The van der Waals surface area contributed by atoms with E-state index in [2.05, 4.69) is 0 Å². The number of nitrogens with zero attached hydrogens (tertiary/aromatic N) is 2. The second kappa shape index (κ2) is 6.52. The number of hydrogen-bond donors (Lipinski definition) is 0. The number of fused-ring (bicyclic) bond motifs is 2. The van der Waals surface area contributed by atoms with Crippen molar-refractivity contribution in [3.05, 3.63) is 82.0 Å². The topological polar surface area (TPSA) is 109 Å². The van der Waals surface area contributed by atoms with E-state index in [1.807, 2.05) is 0 Å². The van der Waals surface area contributed by atoms with Crippen molar-refractivity contribution in [3.8, 4) is 0 Å². The number of ketones is 2. The van der Waals surface area contributed by atoms with Crippen LogP contribution in [0.15, 0.2) is 59.7 Å². The maximum atomic E-state index is 13.5. The van der Waals surface area contributed by atoms with Gasteiger partial charge in [0.2, 0.25) is 0 Å². The molecule has 0 saturated heterocycles. The first-order chi connectivity index (χ1) is 15.2. The summed E-state index contributed by atoms with van der Waals surface area (Å²) in [5.74, 6) is -3.69. The van der Waals surface area contributed by atoms with Crippen LogP contribution in [0.5, 0.6) is 0 Å². The number of rotatable bonds is 2. The maximum Gasteiger partial charge on any atom is 0.261 e.